The number of aromatic nitrogens is 1. The van der Waals surface area contributed by atoms with Gasteiger partial charge >= 0.3 is 11.9 Å². The van der Waals surface area contributed by atoms with E-state index in [1.165, 1.54) is 37.7 Å². The van der Waals surface area contributed by atoms with Crippen LogP contribution in [0.4, 0.5) is 5.69 Å². The second kappa shape index (κ2) is 7.87. The lowest BCUT2D eigenvalue weighted by Gasteiger charge is -2.10. The summed E-state index contributed by atoms with van der Waals surface area (Å²) >= 11 is 0. The molecule has 0 saturated carbocycles. The maximum atomic E-state index is 11.9. The van der Waals surface area contributed by atoms with Crippen molar-refractivity contribution in [2.45, 2.75) is 6.92 Å². The minimum Gasteiger partial charge on any atom is -0.465 e. The fraction of sp³-hybridized carbons (Fsp3) is 0.176. The summed E-state index contributed by atoms with van der Waals surface area (Å²) in [6.45, 7) is 1.34. The van der Waals surface area contributed by atoms with Crippen LogP contribution in [0.25, 0.3) is 0 Å². The Kier molecular flexibility index (Phi) is 5.62. The van der Waals surface area contributed by atoms with Gasteiger partial charge in [-0.2, -0.15) is 0 Å². The van der Waals surface area contributed by atoms with Crippen LogP contribution in [-0.2, 0) is 14.3 Å². The van der Waals surface area contributed by atoms with E-state index in [-0.39, 0.29) is 0 Å². The van der Waals surface area contributed by atoms with Gasteiger partial charge in [-0.3, -0.25) is 9.78 Å². The van der Waals surface area contributed by atoms with Crippen LogP contribution in [0, 0.1) is 6.92 Å². The van der Waals surface area contributed by atoms with Gasteiger partial charge in [0.15, 0.2) is 6.61 Å². The van der Waals surface area contributed by atoms with Gasteiger partial charge in [-0.1, -0.05) is 6.07 Å². The fourth-order valence-electron chi connectivity index (χ4n) is 1.89. The zero-order valence-electron chi connectivity index (χ0n) is 13.2. The first-order valence-electron chi connectivity index (χ1n) is 7.07. The molecule has 1 aromatic carbocycles. The molecule has 2 aromatic rings. The number of ether oxygens (including phenoxy) is 2. The Morgan fingerprint density at radius 2 is 1.75 bits per heavy atom. The standard InChI is InChI=1S/C17H16N2O5/c1-11-3-4-13(16(21)23-2)9-14(11)19-15(20)10-24-17(22)12-5-7-18-8-6-12/h3-9H,10H2,1-2H3,(H,19,20). The number of methoxy groups -OCH3 is 1. The van der Waals surface area contributed by atoms with E-state index in [2.05, 4.69) is 15.0 Å². The van der Waals surface area contributed by atoms with Gasteiger partial charge < -0.3 is 14.8 Å². The molecule has 0 fully saturated rings. The van der Waals surface area contributed by atoms with Crippen LogP contribution in [-0.4, -0.2) is 36.5 Å². The van der Waals surface area contributed by atoms with Crippen LogP contribution < -0.4 is 5.32 Å². The molecule has 1 amide bonds. The predicted molar refractivity (Wildman–Crippen MR) is 85.7 cm³/mol. The number of carbonyl (C=O) groups is 3. The Morgan fingerprint density at radius 3 is 2.42 bits per heavy atom. The van der Waals surface area contributed by atoms with E-state index in [9.17, 15) is 14.4 Å². The van der Waals surface area contributed by atoms with E-state index >= 15 is 0 Å². The van der Waals surface area contributed by atoms with Crippen molar-refractivity contribution >= 4 is 23.5 Å². The summed E-state index contributed by atoms with van der Waals surface area (Å²) in [5.41, 5.74) is 1.83. The highest BCUT2D eigenvalue weighted by Gasteiger charge is 2.13. The third-order valence-corrected chi connectivity index (χ3v) is 3.18. The molecule has 0 atom stereocenters. The first-order chi connectivity index (χ1) is 11.5. The largest absolute Gasteiger partial charge is 0.465 e. The molecule has 0 saturated heterocycles. The molecule has 124 valence electrons. The summed E-state index contributed by atoms with van der Waals surface area (Å²) in [5, 5.41) is 2.60. The molecular formula is C17H16N2O5. The number of anilines is 1. The Labute approximate surface area is 138 Å². The predicted octanol–water partition coefficient (Wildman–Crippen LogP) is 1.97. The fourth-order valence-corrected chi connectivity index (χ4v) is 1.89. The van der Waals surface area contributed by atoms with Crippen molar-refractivity contribution in [1.29, 1.82) is 0 Å². The molecule has 7 heteroatoms. The number of amides is 1. The number of hydrogen-bond donors (Lipinski definition) is 1. The van der Waals surface area contributed by atoms with E-state index in [1.54, 1.807) is 19.1 Å². The van der Waals surface area contributed by atoms with Gasteiger partial charge in [0.05, 0.1) is 18.2 Å². The van der Waals surface area contributed by atoms with Crippen LogP contribution in [0.5, 0.6) is 0 Å². The first kappa shape index (κ1) is 17.1. The molecule has 0 aliphatic rings. The lowest BCUT2D eigenvalue weighted by molar-refractivity contribution is -0.119. The average molecular weight is 328 g/mol. The van der Waals surface area contributed by atoms with Gasteiger partial charge in [-0.15, -0.1) is 0 Å². The molecular weight excluding hydrogens is 312 g/mol. The second-order valence-corrected chi connectivity index (χ2v) is 4.88. The highest BCUT2D eigenvalue weighted by Crippen LogP contribution is 2.17. The van der Waals surface area contributed by atoms with Crippen molar-refractivity contribution in [3.63, 3.8) is 0 Å². The average Bonchev–Trinajstić information content (AvgIpc) is 2.61. The van der Waals surface area contributed by atoms with Crippen molar-refractivity contribution in [1.82, 2.24) is 4.98 Å². The number of aryl methyl sites for hydroxylation is 1. The molecule has 24 heavy (non-hydrogen) atoms. The summed E-state index contributed by atoms with van der Waals surface area (Å²) in [6.07, 6.45) is 2.91. The van der Waals surface area contributed by atoms with Crippen LogP contribution >= 0.6 is 0 Å². The molecule has 0 radical (unpaired) electrons. The highest BCUT2D eigenvalue weighted by atomic mass is 16.5. The summed E-state index contributed by atoms with van der Waals surface area (Å²) in [6, 6.07) is 7.77. The molecule has 0 aliphatic carbocycles. The lowest BCUT2D eigenvalue weighted by atomic mass is 10.1. The molecule has 0 aliphatic heterocycles. The number of pyridine rings is 1. The summed E-state index contributed by atoms with van der Waals surface area (Å²) < 4.78 is 9.57. The Hall–Kier alpha value is -3.22. The first-order valence-corrected chi connectivity index (χ1v) is 7.07. The molecule has 0 bridgehead atoms. The van der Waals surface area contributed by atoms with Crippen molar-refractivity contribution in [3.05, 3.63) is 59.4 Å². The number of rotatable bonds is 5. The maximum absolute atomic E-state index is 11.9. The van der Waals surface area contributed by atoms with Crippen LogP contribution in [0.1, 0.15) is 26.3 Å². The topological polar surface area (TPSA) is 94.6 Å². The van der Waals surface area contributed by atoms with Crippen molar-refractivity contribution in [2.75, 3.05) is 19.0 Å². The van der Waals surface area contributed by atoms with Crippen LogP contribution in [0.15, 0.2) is 42.7 Å². The summed E-state index contributed by atoms with van der Waals surface area (Å²) in [4.78, 5) is 39.0. The van der Waals surface area contributed by atoms with E-state index in [4.69, 9.17) is 4.74 Å². The molecule has 2 rings (SSSR count). The SMILES string of the molecule is COC(=O)c1ccc(C)c(NC(=O)COC(=O)c2ccncc2)c1. The van der Waals surface area contributed by atoms with E-state index in [0.717, 1.165) is 5.56 Å². The monoisotopic (exact) mass is 328 g/mol. The second-order valence-electron chi connectivity index (χ2n) is 4.88. The van der Waals surface area contributed by atoms with Crippen molar-refractivity contribution < 1.29 is 23.9 Å². The molecule has 7 nitrogen and oxygen atoms in total. The Balaban J connectivity index is 1.97. The van der Waals surface area contributed by atoms with Gasteiger partial charge in [0.2, 0.25) is 0 Å². The van der Waals surface area contributed by atoms with Crippen molar-refractivity contribution in [2.24, 2.45) is 0 Å². The number of nitrogens with one attached hydrogen (secondary N) is 1. The highest BCUT2D eigenvalue weighted by molar-refractivity contribution is 5.97. The smallest absolute Gasteiger partial charge is 0.338 e. The Morgan fingerprint density at radius 1 is 1.04 bits per heavy atom. The lowest BCUT2D eigenvalue weighted by Crippen LogP contribution is -2.21. The molecule has 1 N–H and O–H groups in total. The zero-order valence-corrected chi connectivity index (χ0v) is 13.2. The number of carbonyl (C=O) groups excluding carboxylic acids is 3. The van der Waals surface area contributed by atoms with Gasteiger partial charge in [0.1, 0.15) is 0 Å². The van der Waals surface area contributed by atoms with Gasteiger partial charge in [0, 0.05) is 18.1 Å². The van der Waals surface area contributed by atoms with Gasteiger partial charge in [0.25, 0.3) is 5.91 Å². The van der Waals surface area contributed by atoms with E-state index in [0.29, 0.717) is 16.8 Å². The summed E-state index contributed by atoms with van der Waals surface area (Å²) in [5.74, 6) is -1.63. The minimum absolute atomic E-state index is 0.307. The quantitative estimate of drug-likeness (QED) is 0.843. The van der Waals surface area contributed by atoms with Crippen LogP contribution in [0.2, 0.25) is 0 Å². The number of esters is 2. The zero-order chi connectivity index (χ0) is 17.5. The van der Waals surface area contributed by atoms with E-state index < -0.39 is 24.5 Å². The summed E-state index contributed by atoms with van der Waals surface area (Å²) in [7, 11) is 1.28. The molecule has 0 spiro atoms. The van der Waals surface area contributed by atoms with Gasteiger partial charge in [-0.25, -0.2) is 9.59 Å². The molecule has 1 aromatic heterocycles. The maximum Gasteiger partial charge on any atom is 0.338 e. The molecule has 0 unspecified atom stereocenters. The number of benzene rings is 1. The number of hydrogen-bond acceptors (Lipinski definition) is 6. The molecule has 1 heterocycles. The third kappa shape index (κ3) is 4.39. The minimum atomic E-state index is -0.618. The van der Waals surface area contributed by atoms with Gasteiger partial charge in [-0.05, 0) is 36.8 Å². The van der Waals surface area contributed by atoms with Crippen LogP contribution in [0.3, 0.4) is 0 Å². The Bertz CT molecular complexity index is 759. The normalized spacial score (nSPS) is 9.92. The van der Waals surface area contributed by atoms with E-state index in [1.807, 2.05) is 0 Å². The number of nitrogens with zero attached hydrogens (tertiary/aromatic N) is 1. The van der Waals surface area contributed by atoms with Crippen molar-refractivity contribution in [3.8, 4) is 0 Å². The third-order valence-electron chi connectivity index (χ3n) is 3.18.